The third-order valence-electron chi connectivity index (χ3n) is 4.11. The Hall–Kier alpha value is -1.98. The van der Waals surface area contributed by atoms with Gasteiger partial charge in [-0.05, 0) is 29.8 Å². The highest BCUT2D eigenvalue weighted by atomic mass is 35.5. The fourth-order valence-electron chi connectivity index (χ4n) is 2.79. The molecular formula is C18H17ClN4S. The minimum absolute atomic E-state index is 0.623. The second-order valence-corrected chi connectivity index (χ2v) is 7.32. The van der Waals surface area contributed by atoms with Crippen LogP contribution in [-0.4, -0.2) is 39.4 Å². The zero-order chi connectivity index (χ0) is 16.4. The van der Waals surface area contributed by atoms with Crippen molar-refractivity contribution in [2.24, 2.45) is 0 Å². The molecule has 1 saturated heterocycles. The fraction of sp³-hybridized carbons (Fsp3) is 0.222. The molecule has 1 fully saturated rings. The first kappa shape index (κ1) is 15.5. The van der Waals surface area contributed by atoms with Crippen LogP contribution in [0.3, 0.4) is 0 Å². The summed E-state index contributed by atoms with van der Waals surface area (Å²) in [4.78, 5) is 6.74. The molecule has 0 amide bonds. The van der Waals surface area contributed by atoms with Crippen molar-refractivity contribution in [3.63, 3.8) is 0 Å². The number of pyridine rings is 1. The molecule has 0 atom stereocenters. The highest BCUT2D eigenvalue weighted by Crippen LogP contribution is 2.25. The molecule has 2 aromatic heterocycles. The zero-order valence-electron chi connectivity index (χ0n) is 13.1. The molecule has 0 N–H and O–H groups in total. The molecule has 0 saturated carbocycles. The van der Waals surface area contributed by atoms with E-state index in [1.807, 2.05) is 36.3 Å². The monoisotopic (exact) mass is 356 g/mol. The van der Waals surface area contributed by atoms with E-state index in [0.29, 0.717) is 5.02 Å². The number of thioether (sulfide) groups is 1. The molecule has 3 heterocycles. The van der Waals surface area contributed by atoms with Gasteiger partial charge in [-0.2, -0.15) is 16.9 Å². The highest BCUT2D eigenvalue weighted by molar-refractivity contribution is 7.99. The lowest BCUT2D eigenvalue weighted by Crippen LogP contribution is -2.32. The van der Waals surface area contributed by atoms with E-state index in [-0.39, 0.29) is 0 Å². The number of hydrogen-bond acceptors (Lipinski definition) is 4. The lowest BCUT2D eigenvalue weighted by molar-refractivity contribution is 0.847. The number of halogens is 1. The first-order chi connectivity index (χ1) is 11.8. The topological polar surface area (TPSA) is 34.0 Å². The standard InChI is InChI=1S/C18H17ClN4S/c19-16-3-6-18(20-12-16)23-13-15(11-21-23)14-1-4-17(5-2-14)22-7-9-24-10-8-22/h1-6,11-13H,7-10H2. The molecule has 1 aliphatic heterocycles. The van der Waals surface area contributed by atoms with E-state index in [1.165, 1.54) is 17.2 Å². The Kier molecular flexibility index (Phi) is 4.45. The van der Waals surface area contributed by atoms with Gasteiger partial charge in [0.25, 0.3) is 0 Å². The van der Waals surface area contributed by atoms with E-state index in [1.54, 1.807) is 10.9 Å². The van der Waals surface area contributed by atoms with Crippen molar-refractivity contribution in [2.45, 2.75) is 0 Å². The second-order valence-electron chi connectivity index (χ2n) is 5.65. The Bertz CT molecular complexity index is 808. The van der Waals surface area contributed by atoms with Gasteiger partial charge in [0, 0.05) is 48.2 Å². The number of hydrogen-bond donors (Lipinski definition) is 0. The molecular weight excluding hydrogens is 340 g/mol. The average Bonchev–Trinajstić information content (AvgIpc) is 3.13. The zero-order valence-corrected chi connectivity index (χ0v) is 14.7. The van der Waals surface area contributed by atoms with Crippen LogP contribution in [0.5, 0.6) is 0 Å². The van der Waals surface area contributed by atoms with Crippen LogP contribution < -0.4 is 4.90 Å². The third-order valence-corrected chi connectivity index (χ3v) is 5.27. The second kappa shape index (κ2) is 6.87. The Morgan fingerprint density at radius 3 is 2.42 bits per heavy atom. The van der Waals surface area contributed by atoms with Gasteiger partial charge < -0.3 is 4.90 Å². The lowest BCUT2D eigenvalue weighted by Gasteiger charge is -2.28. The Morgan fingerprint density at radius 1 is 0.917 bits per heavy atom. The Morgan fingerprint density at radius 2 is 1.71 bits per heavy atom. The van der Waals surface area contributed by atoms with Crippen molar-refractivity contribution in [1.82, 2.24) is 14.8 Å². The maximum atomic E-state index is 5.88. The van der Waals surface area contributed by atoms with Crippen molar-refractivity contribution in [1.29, 1.82) is 0 Å². The summed E-state index contributed by atoms with van der Waals surface area (Å²) in [6, 6.07) is 12.4. The summed E-state index contributed by atoms with van der Waals surface area (Å²) in [5.74, 6) is 3.18. The van der Waals surface area contributed by atoms with Gasteiger partial charge in [-0.15, -0.1) is 0 Å². The van der Waals surface area contributed by atoms with E-state index in [4.69, 9.17) is 11.6 Å². The summed E-state index contributed by atoms with van der Waals surface area (Å²) in [5.41, 5.74) is 3.53. The van der Waals surface area contributed by atoms with Gasteiger partial charge in [-0.3, -0.25) is 0 Å². The predicted molar refractivity (Wildman–Crippen MR) is 101 cm³/mol. The minimum Gasteiger partial charge on any atom is -0.370 e. The molecule has 122 valence electrons. The smallest absolute Gasteiger partial charge is 0.153 e. The van der Waals surface area contributed by atoms with E-state index < -0.39 is 0 Å². The SMILES string of the molecule is Clc1ccc(-n2cc(-c3ccc(N4CCSCC4)cc3)cn2)nc1. The van der Waals surface area contributed by atoms with Gasteiger partial charge >= 0.3 is 0 Å². The van der Waals surface area contributed by atoms with Gasteiger partial charge in [0.05, 0.1) is 11.2 Å². The maximum absolute atomic E-state index is 5.88. The average molecular weight is 357 g/mol. The van der Waals surface area contributed by atoms with E-state index >= 15 is 0 Å². The van der Waals surface area contributed by atoms with Crippen LogP contribution in [0.1, 0.15) is 0 Å². The number of benzene rings is 1. The Balaban J connectivity index is 1.54. The number of anilines is 1. The van der Waals surface area contributed by atoms with Crippen molar-refractivity contribution < 1.29 is 0 Å². The van der Waals surface area contributed by atoms with Crippen molar-refractivity contribution in [3.05, 3.63) is 60.0 Å². The molecule has 3 aromatic rings. The summed E-state index contributed by atoms with van der Waals surface area (Å²) in [5, 5.41) is 5.03. The number of rotatable bonds is 3. The summed E-state index contributed by atoms with van der Waals surface area (Å²) in [6.07, 6.45) is 5.48. The van der Waals surface area contributed by atoms with Crippen LogP contribution in [0.25, 0.3) is 16.9 Å². The molecule has 1 aromatic carbocycles. The molecule has 1 aliphatic rings. The molecule has 6 heteroatoms. The predicted octanol–water partition coefficient (Wildman–Crippen LogP) is 4.14. The van der Waals surface area contributed by atoms with E-state index in [9.17, 15) is 0 Å². The molecule has 0 radical (unpaired) electrons. The van der Waals surface area contributed by atoms with Gasteiger partial charge in [-0.25, -0.2) is 9.67 Å². The summed E-state index contributed by atoms with van der Waals surface area (Å²) in [7, 11) is 0. The van der Waals surface area contributed by atoms with Crippen molar-refractivity contribution in [2.75, 3.05) is 29.5 Å². The van der Waals surface area contributed by atoms with Gasteiger partial charge in [0.15, 0.2) is 5.82 Å². The van der Waals surface area contributed by atoms with Gasteiger partial charge in [0.1, 0.15) is 0 Å². The van der Waals surface area contributed by atoms with Crippen LogP contribution in [0, 0.1) is 0 Å². The normalized spacial score (nSPS) is 14.8. The molecule has 4 nitrogen and oxygen atoms in total. The largest absolute Gasteiger partial charge is 0.370 e. The maximum Gasteiger partial charge on any atom is 0.153 e. The molecule has 0 spiro atoms. The van der Waals surface area contributed by atoms with E-state index in [2.05, 4.69) is 39.2 Å². The summed E-state index contributed by atoms with van der Waals surface area (Å²) >= 11 is 7.91. The van der Waals surface area contributed by atoms with Crippen molar-refractivity contribution in [3.8, 4) is 16.9 Å². The van der Waals surface area contributed by atoms with Crippen LogP contribution in [-0.2, 0) is 0 Å². The van der Waals surface area contributed by atoms with Gasteiger partial charge in [-0.1, -0.05) is 23.7 Å². The Labute approximate surface area is 150 Å². The first-order valence-electron chi connectivity index (χ1n) is 7.89. The fourth-order valence-corrected chi connectivity index (χ4v) is 3.80. The van der Waals surface area contributed by atoms with Crippen molar-refractivity contribution >= 4 is 29.1 Å². The van der Waals surface area contributed by atoms with E-state index in [0.717, 1.165) is 30.0 Å². The lowest BCUT2D eigenvalue weighted by atomic mass is 10.1. The number of aromatic nitrogens is 3. The molecule has 4 rings (SSSR count). The third kappa shape index (κ3) is 3.28. The molecule has 0 unspecified atom stereocenters. The molecule has 0 bridgehead atoms. The van der Waals surface area contributed by atoms with Gasteiger partial charge in [0.2, 0.25) is 0 Å². The molecule has 24 heavy (non-hydrogen) atoms. The highest BCUT2D eigenvalue weighted by Gasteiger charge is 2.11. The minimum atomic E-state index is 0.623. The van der Waals surface area contributed by atoms with Crippen LogP contribution in [0.15, 0.2) is 55.0 Å². The molecule has 0 aliphatic carbocycles. The van der Waals surface area contributed by atoms with Crippen LogP contribution in [0.2, 0.25) is 5.02 Å². The first-order valence-corrected chi connectivity index (χ1v) is 9.42. The van der Waals surface area contributed by atoms with Crippen LogP contribution >= 0.6 is 23.4 Å². The number of nitrogens with zero attached hydrogens (tertiary/aromatic N) is 4. The van der Waals surface area contributed by atoms with Crippen LogP contribution in [0.4, 0.5) is 5.69 Å². The summed E-state index contributed by atoms with van der Waals surface area (Å²) < 4.78 is 1.77. The quantitative estimate of drug-likeness (QED) is 0.706. The summed E-state index contributed by atoms with van der Waals surface area (Å²) in [6.45, 7) is 2.26.